The van der Waals surface area contributed by atoms with Gasteiger partial charge in [0.1, 0.15) is 0 Å². The van der Waals surface area contributed by atoms with E-state index >= 15 is 0 Å². The number of hydrogen-bond acceptors (Lipinski definition) is 7. The van der Waals surface area contributed by atoms with Crippen LogP contribution in [-0.2, 0) is 14.3 Å². The number of aryl methyl sites for hydroxylation is 1. The Morgan fingerprint density at radius 3 is 2.20 bits per heavy atom. The monoisotopic (exact) mass is 413 g/mol. The highest BCUT2D eigenvalue weighted by Crippen LogP contribution is 2.33. The second-order valence-electron chi connectivity index (χ2n) is 4.96. The number of rotatable bonds is 4. The van der Waals surface area contributed by atoms with Gasteiger partial charge in [-0.2, -0.15) is 8.42 Å². The van der Waals surface area contributed by atoms with E-state index in [0.717, 1.165) is 18.2 Å². The van der Waals surface area contributed by atoms with E-state index in [1.165, 1.54) is 26.6 Å². The van der Waals surface area contributed by atoms with Crippen molar-refractivity contribution in [2.24, 2.45) is 0 Å². The van der Waals surface area contributed by atoms with E-state index in [1.807, 2.05) is 12.4 Å². The summed E-state index contributed by atoms with van der Waals surface area (Å²) in [7, 11) is -2.37. The quantitative estimate of drug-likeness (QED) is 0.440. The molecule has 0 aliphatic heterocycles. The van der Waals surface area contributed by atoms with Crippen LogP contribution in [0.1, 0.15) is 5.56 Å². The summed E-state index contributed by atoms with van der Waals surface area (Å²) in [6.07, 6.45) is 4.22. The maximum absolute atomic E-state index is 11.1. The summed E-state index contributed by atoms with van der Waals surface area (Å²) in [6, 6.07) is 10.9. The molecule has 0 saturated carbocycles. The molecule has 0 aliphatic rings. The van der Waals surface area contributed by atoms with E-state index in [2.05, 4.69) is 33.8 Å². The minimum absolute atomic E-state index is 0.190. The predicted octanol–water partition coefficient (Wildman–Crippen LogP) is 5.07. The van der Waals surface area contributed by atoms with E-state index < -0.39 is 10.1 Å². The van der Waals surface area contributed by atoms with Crippen LogP contribution in [0.25, 0.3) is 10.2 Å². The summed E-state index contributed by atoms with van der Waals surface area (Å²) >= 11 is 5.28. The molecule has 0 bridgehead atoms. The first-order chi connectivity index (χ1) is 11.9. The molecule has 0 amide bonds. The lowest BCUT2D eigenvalue weighted by Crippen LogP contribution is -2.02. The molecule has 0 fully saturated rings. The molecule has 3 aromatic rings. The van der Waals surface area contributed by atoms with Crippen molar-refractivity contribution >= 4 is 55.2 Å². The minimum atomic E-state index is -3.51. The molecule has 0 saturated heterocycles. The summed E-state index contributed by atoms with van der Waals surface area (Å²) in [5.41, 5.74) is 4.04. The maximum atomic E-state index is 11.1. The fourth-order valence-corrected chi connectivity index (χ4v) is 4.91. The molecular formula is C17H19NO3S4. The van der Waals surface area contributed by atoms with Crippen LogP contribution in [0.2, 0.25) is 0 Å². The first-order valence-corrected chi connectivity index (χ1v) is 12.0. The lowest BCUT2D eigenvalue weighted by molar-refractivity contribution is 0.398. The molecule has 0 radical (unpaired) electrons. The zero-order valence-corrected chi connectivity index (χ0v) is 17.6. The van der Waals surface area contributed by atoms with Gasteiger partial charge in [-0.1, -0.05) is 17.7 Å². The van der Waals surface area contributed by atoms with Crippen LogP contribution < -0.4 is 0 Å². The lowest BCUT2D eigenvalue weighted by Gasteiger charge is -2.03. The standard InChI is InChI=1S/C9H9NS3.C8H10O3S/c1-11-8-3-6-7(13-5-10-6)4-9(8)12-2;1-7-3-5-8(6-4-7)12(9,10)11-2/h3-5H,1-2H3;3-6H,1-2H3. The molecule has 4 nitrogen and oxygen atoms in total. The maximum Gasteiger partial charge on any atom is 0.296 e. The fraction of sp³-hybridized carbons (Fsp3) is 0.235. The Morgan fingerprint density at radius 1 is 1.04 bits per heavy atom. The van der Waals surface area contributed by atoms with Crippen molar-refractivity contribution in [3.05, 3.63) is 47.5 Å². The van der Waals surface area contributed by atoms with Gasteiger partial charge in [0.2, 0.25) is 0 Å². The van der Waals surface area contributed by atoms with E-state index in [0.29, 0.717) is 0 Å². The van der Waals surface area contributed by atoms with Gasteiger partial charge in [0.05, 0.1) is 27.7 Å². The van der Waals surface area contributed by atoms with Gasteiger partial charge in [-0.25, -0.2) is 4.98 Å². The second kappa shape index (κ2) is 9.05. The minimum Gasteiger partial charge on any atom is -0.270 e. The molecular weight excluding hydrogens is 394 g/mol. The Bertz CT molecular complexity index is 896. The summed E-state index contributed by atoms with van der Waals surface area (Å²) in [5, 5.41) is 0. The van der Waals surface area contributed by atoms with Gasteiger partial charge in [-0.15, -0.1) is 34.9 Å². The second-order valence-corrected chi connectivity index (χ2v) is 9.26. The molecule has 3 rings (SSSR count). The van der Waals surface area contributed by atoms with Crippen LogP contribution >= 0.6 is 34.9 Å². The number of fused-ring (bicyclic) bond motifs is 1. The Morgan fingerprint density at radius 2 is 1.64 bits per heavy atom. The summed E-state index contributed by atoms with van der Waals surface area (Å²) in [6.45, 7) is 1.89. The van der Waals surface area contributed by atoms with Gasteiger partial charge in [0.25, 0.3) is 10.1 Å². The molecule has 0 N–H and O–H groups in total. The molecule has 25 heavy (non-hydrogen) atoms. The van der Waals surface area contributed by atoms with Crippen LogP contribution in [0, 0.1) is 6.92 Å². The molecule has 134 valence electrons. The number of nitrogens with zero attached hydrogens (tertiary/aromatic N) is 1. The predicted molar refractivity (Wildman–Crippen MR) is 109 cm³/mol. The van der Waals surface area contributed by atoms with Crippen LogP contribution in [0.3, 0.4) is 0 Å². The van der Waals surface area contributed by atoms with E-state index in [1.54, 1.807) is 47.0 Å². The molecule has 1 aromatic heterocycles. The molecule has 0 spiro atoms. The van der Waals surface area contributed by atoms with Crippen molar-refractivity contribution < 1.29 is 12.6 Å². The lowest BCUT2D eigenvalue weighted by atomic mass is 10.2. The summed E-state index contributed by atoms with van der Waals surface area (Å²) in [4.78, 5) is 7.17. The van der Waals surface area contributed by atoms with Crippen molar-refractivity contribution in [1.29, 1.82) is 0 Å². The van der Waals surface area contributed by atoms with Gasteiger partial charge in [-0.05, 0) is 43.7 Å². The number of aromatic nitrogens is 1. The van der Waals surface area contributed by atoms with Gasteiger partial charge < -0.3 is 0 Å². The molecule has 2 aromatic carbocycles. The Hall–Kier alpha value is -1.06. The van der Waals surface area contributed by atoms with Crippen LogP contribution in [0.15, 0.2) is 56.6 Å². The summed E-state index contributed by atoms with van der Waals surface area (Å²) < 4.78 is 27.8. The zero-order chi connectivity index (χ0) is 18.4. The van der Waals surface area contributed by atoms with Gasteiger partial charge >= 0.3 is 0 Å². The number of benzene rings is 2. The highest BCUT2D eigenvalue weighted by molar-refractivity contribution is 8.01. The molecule has 0 unspecified atom stereocenters. The fourth-order valence-electron chi connectivity index (χ4n) is 1.99. The highest BCUT2D eigenvalue weighted by Gasteiger charge is 2.11. The average Bonchev–Trinajstić information content (AvgIpc) is 3.08. The average molecular weight is 414 g/mol. The molecule has 8 heteroatoms. The van der Waals surface area contributed by atoms with Crippen molar-refractivity contribution in [3.63, 3.8) is 0 Å². The molecule has 1 heterocycles. The number of hydrogen-bond donors (Lipinski definition) is 0. The highest BCUT2D eigenvalue weighted by atomic mass is 32.2. The third kappa shape index (κ3) is 5.21. The first-order valence-electron chi connectivity index (χ1n) is 7.23. The number of thiazole rings is 1. The molecule has 0 atom stereocenters. The van der Waals surface area contributed by atoms with Crippen LogP contribution in [0.5, 0.6) is 0 Å². The van der Waals surface area contributed by atoms with Crippen LogP contribution in [-0.4, -0.2) is 33.0 Å². The Labute approximate surface area is 161 Å². The molecule has 0 aliphatic carbocycles. The third-order valence-electron chi connectivity index (χ3n) is 3.37. The largest absolute Gasteiger partial charge is 0.296 e. The van der Waals surface area contributed by atoms with Crippen molar-refractivity contribution in [2.45, 2.75) is 21.6 Å². The van der Waals surface area contributed by atoms with Gasteiger partial charge in [-0.3, -0.25) is 4.18 Å². The first kappa shape index (κ1) is 20.3. The van der Waals surface area contributed by atoms with Gasteiger partial charge in [0.15, 0.2) is 0 Å². The van der Waals surface area contributed by atoms with Crippen molar-refractivity contribution in [2.75, 3.05) is 19.6 Å². The Kier molecular flexibility index (Phi) is 7.33. The van der Waals surface area contributed by atoms with Gasteiger partial charge in [0, 0.05) is 9.79 Å². The van der Waals surface area contributed by atoms with Crippen molar-refractivity contribution in [3.8, 4) is 0 Å². The zero-order valence-electron chi connectivity index (χ0n) is 14.3. The van der Waals surface area contributed by atoms with E-state index in [-0.39, 0.29) is 4.90 Å². The Balaban J connectivity index is 0.000000181. The normalized spacial score (nSPS) is 11.2. The summed E-state index contributed by atoms with van der Waals surface area (Å²) in [5.74, 6) is 0. The number of thioether (sulfide) groups is 2. The topological polar surface area (TPSA) is 56.3 Å². The SMILES string of the molecule is COS(=O)(=O)c1ccc(C)cc1.CSc1cc2ncsc2cc1SC. The smallest absolute Gasteiger partial charge is 0.270 e. The van der Waals surface area contributed by atoms with E-state index in [9.17, 15) is 8.42 Å². The third-order valence-corrected chi connectivity index (χ3v) is 7.13. The van der Waals surface area contributed by atoms with E-state index in [4.69, 9.17) is 0 Å². The van der Waals surface area contributed by atoms with Crippen LogP contribution in [0.4, 0.5) is 0 Å². The van der Waals surface area contributed by atoms with Crippen molar-refractivity contribution in [1.82, 2.24) is 4.98 Å².